The second-order valence-electron chi connectivity index (χ2n) is 4.29. The molecule has 0 aliphatic carbocycles. The zero-order chi connectivity index (χ0) is 14.5. The molecule has 0 aliphatic heterocycles. The van der Waals surface area contributed by atoms with Gasteiger partial charge in [0, 0.05) is 26.7 Å². The Hall–Kier alpha value is -0.980. The van der Waals surface area contributed by atoms with Crippen LogP contribution in [0, 0.1) is 11.3 Å². The van der Waals surface area contributed by atoms with E-state index in [1.54, 1.807) is 0 Å². The highest BCUT2D eigenvalue weighted by molar-refractivity contribution is 7.91. The number of nitrogens with one attached hydrogen (secondary N) is 1. The van der Waals surface area contributed by atoms with Crippen LogP contribution in [0.3, 0.4) is 0 Å². The van der Waals surface area contributed by atoms with Gasteiger partial charge in [-0.1, -0.05) is 0 Å². The van der Waals surface area contributed by atoms with E-state index in [9.17, 15) is 13.5 Å². The highest BCUT2D eigenvalue weighted by Crippen LogP contribution is 2.21. The number of ether oxygens (including phenoxy) is 1. The van der Waals surface area contributed by atoms with Crippen molar-refractivity contribution in [1.29, 1.82) is 5.26 Å². The number of methoxy groups -OCH3 is 1. The van der Waals surface area contributed by atoms with Gasteiger partial charge in [-0.15, -0.1) is 11.3 Å². The van der Waals surface area contributed by atoms with Crippen LogP contribution >= 0.6 is 11.3 Å². The molecule has 0 amide bonds. The lowest BCUT2D eigenvalue weighted by Crippen LogP contribution is -2.41. The highest BCUT2D eigenvalue weighted by Gasteiger charge is 2.24. The maximum absolute atomic E-state index is 11.9. The zero-order valence-electron chi connectivity index (χ0n) is 10.7. The van der Waals surface area contributed by atoms with Gasteiger partial charge < -0.3 is 9.84 Å². The molecule has 0 aromatic carbocycles. The van der Waals surface area contributed by atoms with Crippen molar-refractivity contribution in [1.82, 2.24) is 4.72 Å². The van der Waals surface area contributed by atoms with Gasteiger partial charge in [-0.05, 0) is 19.1 Å². The Morgan fingerprint density at radius 3 is 2.79 bits per heavy atom. The molecule has 0 spiro atoms. The van der Waals surface area contributed by atoms with Gasteiger partial charge in [-0.2, -0.15) is 5.26 Å². The normalized spacial score (nSPS) is 14.8. The van der Waals surface area contributed by atoms with Crippen LogP contribution < -0.4 is 4.72 Å². The summed E-state index contributed by atoms with van der Waals surface area (Å²) in [7, 11) is -2.18. The number of rotatable bonds is 7. The number of hydrogen-bond donors (Lipinski definition) is 2. The van der Waals surface area contributed by atoms with E-state index in [1.807, 2.05) is 6.07 Å². The first-order valence-corrected chi connectivity index (χ1v) is 7.81. The van der Waals surface area contributed by atoms with Gasteiger partial charge >= 0.3 is 0 Å². The summed E-state index contributed by atoms with van der Waals surface area (Å²) >= 11 is 0.890. The van der Waals surface area contributed by atoms with Crippen LogP contribution in [0.25, 0.3) is 0 Å². The lowest BCUT2D eigenvalue weighted by atomic mass is 10.0. The Kier molecular flexibility index (Phi) is 5.46. The van der Waals surface area contributed by atoms with Crippen molar-refractivity contribution >= 4 is 21.4 Å². The monoisotopic (exact) mass is 304 g/mol. The predicted octanol–water partition coefficient (Wildman–Crippen LogP) is 0.686. The van der Waals surface area contributed by atoms with Gasteiger partial charge in [0.2, 0.25) is 10.0 Å². The molecule has 1 atom stereocenters. The smallest absolute Gasteiger partial charge is 0.250 e. The topological polar surface area (TPSA) is 99.4 Å². The van der Waals surface area contributed by atoms with Gasteiger partial charge in [0.15, 0.2) is 0 Å². The molecule has 1 rings (SSSR count). The fourth-order valence-electron chi connectivity index (χ4n) is 1.26. The average molecular weight is 304 g/mol. The summed E-state index contributed by atoms with van der Waals surface area (Å²) in [5.41, 5.74) is -1.18. The van der Waals surface area contributed by atoms with Crippen molar-refractivity contribution in [2.24, 2.45) is 0 Å². The van der Waals surface area contributed by atoms with E-state index in [-0.39, 0.29) is 10.8 Å². The number of nitrogens with zero attached hydrogens (tertiary/aromatic N) is 1. The Morgan fingerprint density at radius 1 is 1.58 bits per heavy atom. The number of sulfonamides is 1. The summed E-state index contributed by atoms with van der Waals surface area (Å²) in [5, 5.41) is 18.6. The van der Waals surface area contributed by atoms with Crippen LogP contribution in [0.4, 0.5) is 0 Å². The summed E-state index contributed by atoms with van der Waals surface area (Å²) in [5.74, 6) is 0. The van der Waals surface area contributed by atoms with Crippen LogP contribution in [0.1, 0.15) is 18.2 Å². The average Bonchev–Trinajstić information content (AvgIpc) is 2.84. The van der Waals surface area contributed by atoms with Gasteiger partial charge in [0.1, 0.15) is 15.2 Å². The third-order valence-electron chi connectivity index (χ3n) is 2.44. The molecule has 19 heavy (non-hydrogen) atoms. The number of thiophene rings is 1. The molecule has 6 nitrogen and oxygen atoms in total. The van der Waals surface area contributed by atoms with Crippen LogP contribution in [0.5, 0.6) is 0 Å². The summed E-state index contributed by atoms with van der Waals surface area (Å²) in [4.78, 5) is 0.325. The van der Waals surface area contributed by atoms with Gasteiger partial charge in [0.05, 0.1) is 5.60 Å². The van der Waals surface area contributed by atoms with Crippen molar-refractivity contribution in [3.8, 4) is 6.07 Å². The third-order valence-corrected chi connectivity index (χ3v) is 5.33. The number of nitriles is 1. The number of aliphatic hydroxyl groups is 1. The van der Waals surface area contributed by atoms with Gasteiger partial charge in [0.25, 0.3) is 0 Å². The molecule has 2 N–H and O–H groups in total. The highest BCUT2D eigenvalue weighted by atomic mass is 32.2. The van der Waals surface area contributed by atoms with Gasteiger partial charge in [-0.25, -0.2) is 13.1 Å². The summed E-state index contributed by atoms with van der Waals surface area (Å²) < 4.78 is 31.1. The third kappa shape index (κ3) is 4.89. The maximum atomic E-state index is 11.9. The molecule has 0 saturated carbocycles. The largest absolute Gasteiger partial charge is 0.389 e. The van der Waals surface area contributed by atoms with E-state index in [0.717, 1.165) is 11.3 Å². The first-order chi connectivity index (χ1) is 8.80. The van der Waals surface area contributed by atoms with E-state index in [4.69, 9.17) is 10.00 Å². The van der Waals surface area contributed by atoms with Crippen molar-refractivity contribution in [2.45, 2.75) is 23.2 Å². The molecule has 1 unspecified atom stereocenters. The van der Waals surface area contributed by atoms with Crippen molar-refractivity contribution < 1.29 is 18.3 Å². The molecule has 0 radical (unpaired) electrons. The first kappa shape index (κ1) is 16.1. The summed E-state index contributed by atoms with van der Waals surface area (Å²) in [6.07, 6.45) is 0.319. The number of hydrogen-bond acceptors (Lipinski definition) is 6. The molecule has 1 heterocycles. The lowest BCUT2D eigenvalue weighted by molar-refractivity contribution is 0.0292. The minimum atomic E-state index is -3.69. The van der Waals surface area contributed by atoms with E-state index >= 15 is 0 Å². The molecule has 0 bridgehead atoms. The second kappa shape index (κ2) is 6.45. The Labute approximate surface area is 116 Å². The van der Waals surface area contributed by atoms with E-state index in [1.165, 1.54) is 26.2 Å². The van der Waals surface area contributed by atoms with Crippen LogP contribution in [-0.4, -0.2) is 39.4 Å². The first-order valence-electron chi connectivity index (χ1n) is 5.52. The second-order valence-corrected chi connectivity index (χ2v) is 7.37. The van der Waals surface area contributed by atoms with E-state index in [2.05, 4.69) is 4.72 Å². The molecule has 0 aliphatic rings. The standard InChI is InChI=1S/C11H16N2O4S2/c1-11(14,5-6-17-2)8-13-19(15,16)10-4-3-9(7-12)18-10/h3-4,13-14H,5-6,8H2,1-2H3. The van der Waals surface area contributed by atoms with Gasteiger partial charge in [-0.3, -0.25) is 0 Å². The quantitative estimate of drug-likeness (QED) is 0.772. The molecule has 0 fully saturated rings. The molecular weight excluding hydrogens is 288 g/mol. The predicted molar refractivity (Wildman–Crippen MR) is 71.3 cm³/mol. The van der Waals surface area contributed by atoms with Crippen molar-refractivity contribution in [3.63, 3.8) is 0 Å². The molecule has 1 aromatic rings. The summed E-state index contributed by atoms with van der Waals surface area (Å²) in [6, 6.07) is 4.70. The molecule has 8 heteroatoms. The lowest BCUT2D eigenvalue weighted by Gasteiger charge is -2.22. The molecule has 0 saturated heterocycles. The summed E-state index contributed by atoms with van der Waals surface area (Å²) in [6.45, 7) is 1.76. The Morgan fingerprint density at radius 2 is 2.26 bits per heavy atom. The Bertz CT molecular complexity index is 557. The molecular formula is C11H16N2O4S2. The van der Waals surface area contributed by atoms with Crippen LogP contribution in [-0.2, 0) is 14.8 Å². The van der Waals surface area contributed by atoms with Crippen LogP contribution in [0.15, 0.2) is 16.3 Å². The Balaban J connectivity index is 2.68. The van der Waals surface area contributed by atoms with E-state index < -0.39 is 15.6 Å². The fraction of sp³-hybridized carbons (Fsp3) is 0.545. The van der Waals surface area contributed by atoms with Crippen molar-refractivity contribution in [2.75, 3.05) is 20.3 Å². The fourth-order valence-corrected chi connectivity index (χ4v) is 3.57. The van der Waals surface area contributed by atoms with Crippen molar-refractivity contribution in [3.05, 3.63) is 17.0 Å². The molecule has 106 valence electrons. The molecule has 1 aromatic heterocycles. The SMILES string of the molecule is COCCC(C)(O)CNS(=O)(=O)c1ccc(C#N)s1. The van der Waals surface area contributed by atoms with Crippen LogP contribution in [0.2, 0.25) is 0 Å². The maximum Gasteiger partial charge on any atom is 0.250 e. The minimum Gasteiger partial charge on any atom is -0.389 e. The van der Waals surface area contributed by atoms with E-state index in [0.29, 0.717) is 17.9 Å². The minimum absolute atomic E-state index is 0.0617. The zero-order valence-corrected chi connectivity index (χ0v) is 12.3.